The molecule has 1 amide bonds. The van der Waals surface area contributed by atoms with E-state index in [4.69, 9.17) is 4.74 Å². The number of rotatable bonds is 10. The van der Waals surface area contributed by atoms with Crippen LogP contribution in [0, 0.1) is 5.82 Å². The summed E-state index contributed by atoms with van der Waals surface area (Å²) in [5.74, 6) is 0.725. The topological polar surface area (TPSA) is 69.0 Å². The molecular formula is C25H25FN4O2S2. The largest absolute Gasteiger partial charge is 0.494 e. The summed E-state index contributed by atoms with van der Waals surface area (Å²) >= 11 is 2.91. The number of hydrogen-bond donors (Lipinski definition) is 1. The van der Waals surface area contributed by atoms with Gasteiger partial charge in [0.1, 0.15) is 11.6 Å². The highest BCUT2D eigenvalue weighted by atomic mass is 32.2. The normalized spacial score (nSPS) is 11.9. The summed E-state index contributed by atoms with van der Waals surface area (Å²) in [5, 5.41) is 13.6. The fraction of sp³-hybridized carbons (Fsp3) is 0.240. The smallest absolute Gasteiger partial charge is 0.233 e. The summed E-state index contributed by atoms with van der Waals surface area (Å²) in [4.78, 5) is 13.9. The Labute approximate surface area is 206 Å². The number of thiophene rings is 1. The number of carbonyl (C=O) groups excluding carboxylic acids is 1. The van der Waals surface area contributed by atoms with E-state index >= 15 is 0 Å². The van der Waals surface area contributed by atoms with Crippen LogP contribution < -0.4 is 10.1 Å². The molecule has 4 rings (SSSR count). The van der Waals surface area contributed by atoms with Gasteiger partial charge in [-0.3, -0.25) is 9.36 Å². The lowest BCUT2D eigenvalue weighted by Gasteiger charge is -2.14. The van der Waals surface area contributed by atoms with E-state index < -0.39 is 11.1 Å². The number of ether oxygens (including phenoxy) is 1. The van der Waals surface area contributed by atoms with Crippen molar-refractivity contribution in [1.29, 1.82) is 0 Å². The van der Waals surface area contributed by atoms with Crippen molar-refractivity contribution in [2.24, 2.45) is 0 Å². The van der Waals surface area contributed by atoms with Crippen LogP contribution in [0.3, 0.4) is 0 Å². The van der Waals surface area contributed by atoms with Gasteiger partial charge in [-0.05, 0) is 68.1 Å². The molecule has 0 radical (unpaired) electrons. The molecule has 0 spiro atoms. The van der Waals surface area contributed by atoms with E-state index in [0.717, 1.165) is 17.7 Å². The van der Waals surface area contributed by atoms with Crippen LogP contribution in [0.2, 0.25) is 0 Å². The Morgan fingerprint density at radius 1 is 1.15 bits per heavy atom. The van der Waals surface area contributed by atoms with E-state index in [1.165, 1.54) is 22.7 Å². The maximum absolute atomic E-state index is 14.8. The maximum Gasteiger partial charge on any atom is 0.233 e. The Bertz CT molecular complexity index is 1230. The van der Waals surface area contributed by atoms with Crippen molar-refractivity contribution in [1.82, 2.24) is 20.1 Å². The summed E-state index contributed by atoms with van der Waals surface area (Å²) in [5.41, 5.74) is 1.09. The van der Waals surface area contributed by atoms with Gasteiger partial charge in [-0.1, -0.05) is 30.0 Å². The zero-order chi connectivity index (χ0) is 23.9. The molecule has 6 nitrogen and oxygen atoms in total. The van der Waals surface area contributed by atoms with Gasteiger partial charge in [0.15, 0.2) is 11.0 Å². The lowest BCUT2D eigenvalue weighted by Crippen LogP contribution is -2.32. The van der Waals surface area contributed by atoms with Crippen molar-refractivity contribution >= 4 is 29.0 Å². The number of thioether (sulfide) groups is 1. The van der Waals surface area contributed by atoms with Crippen LogP contribution >= 0.6 is 23.1 Å². The van der Waals surface area contributed by atoms with Gasteiger partial charge < -0.3 is 10.1 Å². The Morgan fingerprint density at radius 3 is 2.65 bits per heavy atom. The van der Waals surface area contributed by atoms with Gasteiger partial charge in [0.2, 0.25) is 5.91 Å². The predicted octanol–water partition coefficient (Wildman–Crippen LogP) is 5.37. The minimum absolute atomic E-state index is 0.104. The Hall–Kier alpha value is -3.17. The molecule has 0 aliphatic heterocycles. The standard InChI is InChI=1S/C25H25FN4O2S2/c1-3-32-19-12-10-18(11-13-19)23-28-29-25(30(23)22-9-5-4-8-21(22)26)34-17(2)24(31)27-15-14-20-7-6-16-33-20/h4-13,16-17H,3,14-15H2,1-2H3,(H,27,31). The highest BCUT2D eigenvalue weighted by Gasteiger charge is 2.23. The number of benzene rings is 2. The second-order valence-corrected chi connectivity index (χ2v) is 9.77. The van der Waals surface area contributed by atoms with Gasteiger partial charge in [-0.15, -0.1) is 21.5 Å². The molecule has 2 aromatic carbocycles. The SMILES string of the molecule is CCOc1ccc(-c2nnc(SC(C)C(=O)NCCc3cccs3)n2-c2ccccc2F)cc1. The number of para-hydroxylation sites is 1. The fourth-order valence-corrected chi connectivity index (χ4v) is 4.96. The Morgan fingerprint density at radius 2 is 1.94 bits per heavy atom. The van der Waals surface area contributed by atoms with Crippen molar-refractivity contribution in [3.8, 4) is 22.8 Å². The number of carbonyl (C=O) groups is 1. The van der Waals surface area contributed by atoms with Crippen LogP contribution in [-0.2, 0) is 11.2 Å². The molecule has 1 atom stereocenters. The number of hydrogen-bond acceptors (Lipinski definition) is 6. The molecule has 0 fully saturated rings. The molecule has 0 aliphatic rings. The minimum atomic E-state index is -0.439. The molecule has 176 valence electrons. The number of nitrogens with one attached hydrogen (secondary N) is 1. The van der Waals surface area contributed by atoms with E-state index in [2.05, 4.69) is 15.5 Å². The van der Waals surface area contributed by atoms with Gasteiger partial charge in [-0.25, -0.2) is 4.39 Å². The lowest BCUT2D eigenvalue weighted by atomic mass is 10.2. The summed E-state index contributed by atoms with van der Waals surface area (Å²) in [6, 6.07) is 17.9. The Kier molecular flexibility index (Phi) is 7.97. The average Bonchev–Trinajstić information content (AvgIpc) is 3.50. The number of halogens is 1. The van der Waals surface area contributed by atoms with Crippen molar-refractivity contribution < 1.29 is 13.9 Å². The third kappa shape index (κ3) is 5.66. The zero-order valence-corrected chi connectivity index (χ0v) is 20.5. The molecule has 9 heteroatoms. The first-order chi connectivity index (χ1) is 16.6. The molecule has 0 saturated carbocycles. The number of amides is 1. The monoisotopic (exact) mass is 496 g/mol. The molecule has 0 saturated heterocycles. The maximum atomic E-state index is 14.8. The minimum Gasteiger partial charge on any atom is -0.494 e. The van der Waals surface area contributed by atoms with Crippen molar-refractivity contribution in [2.45, 2.75) is 30.7 Å². The molecule has 1 unspecified atom stereocenters. The molecule has 1 N–H and O–H groups in total. The molecular weight excluding hydrogens is 471 g/mol. The second kappa shape index (κ2) is 11.3. The molecule has 0 bridgehead atoms. The highest BCUT2D eigenvalue weighted by molar-refractivity contribution is 8.00. The molecule has 2 aromatic heterocycles. The lowest BCUT2D eigenvalue weighted by molar-refractivity contribution is -0.120. The van der Waals surface area contributed by atoms with E-state index in [1.807, 2.05) is 55.6 Å². The van der Waals surface area contributed by atoms with Gasteiger partial charge in [0.25, 0.3) is 0 Å². The van der Waals surface area contributed by atoms with E-state index in [1.54, 1.807) is 34.1 Å². The van der Waals surface area contributed by atoms with Gasteiger partial charge in [0.05, 0.1) is 17.5 Å². The van der Waals surface area contributed by atoms with Crippen LogP contribution in [0.5, 0.6) is 5.75 Å². The summed E-state index contributed by atoms with van der Waals surface area (Å²) in [7, 11) is 0. The average molecular weight is 497 g/mol. The van der Waals surface area contributed by atoms with Crippen LogP contribution in [0.25, 0.3) is 17.1 Å². The fourth-order valence-electron chi connectivity index (χ4n) is 3.37. The second-order valence-electron chi connectivity index (χ2n) is 7.43. The summed E-state index contributed by atoms with van der Waals surface area (Å²) in [6.07, 6.45) is 0.786. The first kappa shape index (κ1) is 24.0. The van der Waals surface area contributed by atoms with E-state index in [-0.39, 0.29) is 5.91 Å². The van der Waals surface area contributed by atoms with Gasteiger partial charge in [0, 0.05) is 17.0 Å². The van der Waals surface area contributed by atoms with E-state index in [0.29, 0.717) is 29.8 Å². The predicted molar refractivity (Wildman–Crippen MR) is 134 cm³/mol. The molecule has 4 aromatic rings. The highest BCUT2D eigenvalue weighted by Crippen LogP contribution is 2.32. The number of nitrogens with zero attached hydrogens (tertiary/aromatic N) is 3. The Balaban J connectivity index is 1.57. The first-order valence-corrected chi connectivity index (χ1v) is 12.7. The first-order valence-electron chi connectivity index (χ1n) is 11.0. The van der Waals surface area contributed by atoms with Crippen molar-refractivity contribution in [2.75, 3.05) is 13.2 Å². The molecule has 34 heavy (non-hydrogen) atoms. The summed E-state index contributed by atoms with van der Waals surface area (Å²) in [6.45, 7) is 4.86. The van der Waals surface area contributed by atoms with Crippen LogP contribution in [0.4, 0.5) is 4.39 Å². The van der Waals surface area contributed by atoms with Crippen LogP contribution in [0.15, 0.2) is 71.2 Å². The number of aromatic nitrogens is 3. The molecule has 0 aliphatic carbocycles. The van der Waals surface area contributed by atoms with Crippen LogP contribution in [0.1, 0.15) is 18.7 Å². The van der Waals surface area contributed by atoms with Crippen molar-refractivity contribution in [3.05, 3.63) is 76.7 Å². The van der Waals surface area contributed by atoms with E-state index in [9.17, 15) is 9.18 Å². The third-order valence-electron chi connectivity index (χ3n) is 5.05. The summed E-state index contributed by atoms with van der Waals surface area (Å²) < 4.78 is 22.0. The molecule has 2 heterocycles. The van der Waals surface area contributed by atoms with Crippen molar-refractivity contribution in [3.63, 3.8) is 0 Å². The zero-order valence-electron chi connectivity index (χ0n) is 18.9. The van der Waals surface area contributed by atoms with Gasteiger partial charge in [-0.2, -0.15) is 0 Å². The quantitative estimate of drug-likeness (QED) is 0.299. The van der Waals surface area contributed by atoms with Gasteiger partial charge >= 0.3 is 0 Å². The third-order valence-corrected chi connectivity index (χ3v) is 7.03. The van der Waals surface area contributed by atoms with Crippen LogP contribution in [-0.4, -0.2) is 39.1 Å².